The van der Waals surface area contributed by atoms with Crippen molar-refractivity contribution in [1.82, 2.24) is 32.1 Å². The molecule has 0 aromatic heterocycles. The molecule has 1 aliphatic carbocycles. The number of nitrogens with one attached hydrogen (secondary N) is 6. The van der Waals surface area contributed by atoms with Gasteiger partial charge in [-0.1, -0.05) is 68.7 Å². The van der Waals surface area contributed by atoms with Gasteiger partial charge in [-0.25, -0.2) is 20.4 Å². The molecule has 1 aromatic rings. The van der Waals surface area contributed by atoms with Crippen molar-refractivity contribution < 1.29 is 52.5 Å². The van der Waals surface area contributed by atoms with E-state index in [-0.39, 0.29) is 55.6 Å². The first-order chi connectivity index (χ1) is 29.6. The number of epoxide rings is 2. The molecular formula is C44H69N7O11. The number of amides is 4. The van der Waals surface area contributed by atoms with E-state index >= 15 is 0 Å². The number of hydrazine groups is 1. The van der Waals surface area contributed by atoms with Crippen molar-refractivity contribution in [3.63, 3.8) is 0 Å². The predicted molar refractivity (Wildman–Crippen MR) is 230 cm³/mol. The first kappa shape index (κ1) is 50.2. The van der Waals surface area contributed by atoms with Crippen molar-refractivity contribution in [1.29, 1.82) is 0 Å². The number of methoxy groups -OCH3 is 1. The molecule has 1 spiro atoms. The average molecular weight is 872 g/mol. The molecule has 2 aliphatic heterocycles. The molecule has 18 nitrogen and oxygen atoms in total. The first-order valence-electron chi connectivity index (χ1n) is 21.8. The zero-order chi connectivity index (χ0) is 45.3. The second-order valence-corrected chi connectivity index (χ2v) is 17.1. The number of hydrogen-bond donors (Lipinski definition) is 7. The van der Waals surface area contributed by atoms with Crippen LogP contribution in [0.25, 0.3) is 0 Å². The summed E-state index contributed by atoms with van der Waals surface area (Å²) in [5.41, 5.74) is 11.9. The summed E-state index contributed by atoms with van der Waals surface area (Å²) in [6.45, 7) is 10.5. The van der Waals surface area contributed by atoms with Gasteiger partial charge in [0.2, 0.25) is 23.4 Å². The molecule has 1 aromatic carbocycles. The Morgan fingerprint density at radius 2 is 1.63 bits per heavy atom. The molecule has 4 unspecified atom stereocenters. The maximum absolute atomic E-state index is 13.2. The standard InChI is InChI=1S/C44H69N7O11/c1-28(2)16-17-36-43(5,62-36)39-38(58-6)35(18-19-44(39)27-60-44)61-42(57)50-32(29(3)4)26-59-41(56)47-21-13-8-7-12-20-46-37(54)25-48-40(55)31(22-30-14-10-9-11-15-30)51-49-24-34(53)33(52)23-45/h9-11,14-16,29,31-32,35-36,38-39,49,51H,7-8,12-13,17-27,45H2,1-6H3,(H,46,54)(H,47,56)(H,48,55)(H,50,57)/t31-,32-,35?,36+,38?,39?,43?,44-/m0/s1. The predicted octanol–water partition coefficient (Wildman–Crippen LogP) is 2.14. The fraction of sp³-hybridized carbons (Fsp3) is 0.682. The SMILES string of the molecule is COC1C(OC(=O)N[C@@H](COC(=O)NCCCCCCNC(=O)CNC(=O)[C@H](Cc2ccccc2)NNCC(=O)C(=O)CN)C(C)C)CC[C@]2(CO2)C1C1(C)O[C@@H]1CC=C(C)C. The summed E-state index contributed by atoms with van der Waals surface area (Å²) >= 11 is 0. The summed E-state index contributed by atoms with van der Waals surface area (Å²) in [4.78, 5) is 74.4. The number of carbonyl (C=O) groups is 6. The lowest BCUT2D eigenvalue weighted by molar-refractivity contribution is -0.135. The molecule has 3 fully saturated rings. The minimum atomic E-state index is -0.830. The number of Topliss-reactive ketones (excluding diaryl/α,β-unsaturated/α-hetero) is 2. The number of carbonyl (C=O) groups excluding carboxylic acids is 6. The van der Waals surface area contributed by atoms with E-state index in [1.807, 2.05) is 44.2 Å². The second kappa shape index (κ2) is 24.4. The quantitative estimate of drug-likeness (QED) is 0.0220. The third-order valence-electron chi connectivity index (χ3n) is 11.7. The van der Waals surface area contributed by atoms with Gasteiger partial charge in [0, 0.05) is 20.2 Å². The third-order valence-corrected chi connectivity index (χ3v) is 11.7. The van der Waals surface area contributed by atoms with Crippen LogP contribution in [0.4, 0.5) is 9.59 Å². The zero-order valence-corrected chi connectivity index (χ0v) is 37.2. The van der Waals surface area contributed by atoms with Gasteiger partial charge in [0.1, 0.15) is 36.1 Å². The summed E-state index contributed by atoms with van der Waals surface area (Å²) in [5.74, 6) is -2.40. The van der Waals surface area contributed by atoms with E-state index in [1.165, 1.54) is 5.57 Å². The van der Waals surface area contributed by atoms with Gasteiger partial charge < -0.3 is 50.7 Å². The molecule has 0 bridgehead atoms. The van der Waals surface area contributed by atoms with Crippen molar-refractivity contribution in [3.05, 3.63) is 47.5 Å². The van der Waals surface area contributed by atoms with Gasteiger partial charge >= 0.3 is 12.2 Å². The molecule has 18 heteroatoms. The van der Waals surface area contributed by atoms with E-state index in [0.717, 1.165) is 31.2 Å². The van der Waals surface area contributed by atoms with E-state index in [0.29, 0.717) is 39.0 Å². The van der Waals surface area contributed by atoms with E-state index in [1.54, 1.807) is 7.11 Å². The molecule has 346 valence electrons. The van der Waals surface area contributed by atoms with Gasteiger partial charge in [-0.2, -0.15) is 0 Å². The number of alkyl carbamates (subject to hydrolysis) is 2. The van der Waals surface area contributed by atoms with Crippen LogP contribution in [0.1, 0.15) is 85.1 Å². The van der Waals surface area contributed by atoms with Crippen molar-refractivity contribution in [2.24, 2.45) is 17.6 Å². The maximum atomic E-state index is 13.2. The first-order valence-corrected chi connectivity index (χ1v) is 21.8. The number of hydrogen-bond acceptors (Lipinski definition) is 14. The highest BCUT2D eigenvalue weighted by Crippen LogP contribution is 2.59. The summed E-state index contributed by atoms with van der Waals surface area (Å²) in [7, 11) is 1.63. The van der Waals surface area contributed by atoms with Gasteiger partial charge in [0.05, 0.1) is 44.3 Å². The number of benzene rings is 1. The maximum Gasteiger partial charge on any atom is 0.407 e. The van der Waals surface area contributed by atoms with E-state index in [2.05, 4.69) is 59.0 Å². The van der Waals surface area contributed by atoms with Crippen LogP contribution in [0, 0.1) is 11.8 Å². The van der Waals surface area contributed by atoms with E-state index < -0.39 is 66.1 Å². The highest BCUT2D eigenvalue weighted by molar-refractivity contribution is 6.38. The smallest absolute Gasteiger partial charge is 0.407 e. The van der Waals surface area contributed by atoms with E-state index in [9.17, 15) is 28.8 Å². The third kappa shape index (κ3) is 15.4. The molecule has 2 heterocycles. The Morgan fingerprint density at radius 3 is 2.26 bits per heavy atom. The second-order valence-electron chi connectivity index (χ2n) is 17.1. The molecule has 1 saturated carbocycles. The van der Waals surface area contributed by atoms with Crippen molar-refractivity contribution >= 4 is 35.6 Å². The monoisotopic (exact) mass is 872 g/mol. The molecule has 3 aliphatic rings. The number of unbranched alkanes of at least 4 members (excludes halogenated alkanes) is 3. The average Bonchev–Trinajstić information content (AvgIpc) is 4.17. The summed E-state index contributed by atoms with van der Waals surface area (Å²) in [5, 5.41) is 11.0. The fourth-order valence-electron chi connectivity index (χ4n) is 7.91. The zero-order valence-electron chi connectivity index (χ0n) is 37.2. The van der Waals surface area contributed by atoms with Crippen molar-refractivity contribution in [3.8, 4) is 0 Å². The topological polar surface area (TPSA) is 253 Å². The highest BCUT2D eigenvalue weighted by atomic mass is 16.6. The summed E-state index contributed by atoms with van der Waals surface area (Å²) in [6, 6.07) is 7.90. The fourth-order valence-corrected chi connectivity index (χ4v) is 7.91. The number of rotatable bonds is 27. The lowest BCUT2D eigenvalue weighted by Gasteiger charge is -2.42. The molecular weight excluding hydrogens is 803 g/mol. The Bertz CT molecular complexity index is 1690. The largest absolute Gasteiger partial charge is 0.447 e. The normalized spacial score (nSPS) is 24.6. The molecule has 2 saturated heterocycles. The number of nitrogens with two attached hydrogens (primary N) is 1. The van der Waals surface area contributed by atoms with Crippen LogP contribution in [-0.2, 0) is 49.3 Å². The highest BCUT2D eigenvalue weighted by Gasteiger charge is 2.72. The minimum Gasteiger partial charge on any atom is -0.447 e. The van der Waals surface area contributed by atoms with E-state index in [4.69, 9.17) is 29.4 Å². The Hall–Kier alpha value is -4.46. The van der Waals surface area contributed by atoms with Crippen LogP contribution in [0.15, 0.2) is 42.0 Å². The number of ether oxygens (including phenoxy) is 5. The minimum absolute atomic E-state index is 0.0336. The lowest BCUT2D eigenvalue weighted by atomic mass is 9.68. The summed E-state index contributed by atoms with van der Waals surface area (Å²) < 4.78 is 29.7. The number of allylic oxidation sites excluding steroid dienone is 1. The van der Waals surface area contributed by atoms with Crippen LogP contribution in [0.3, 0.4) is 0 Å². The summed E-state index contributed by atoms with van der Waals surface area (Å²) in [6.07, 6.45) is 5.53. The van der Waals surface area contributed by atoms with Crippen LogP contribution in [-0.4, -0.2) is 130 Å². The van der Waals surface area contributed by atoms with Gasteiger partial charge in [0.15, 0.2) is 0 Å². The van der Waals surface area contributed by atoms with Crippen LogP contribution in [0.2, 0.25) is 0 Å². The Morgan fingerprint density at radius 1 is 0.935 bits per heavy atom. The van der Waals surface area contributed by atoms with Crippen molar-refractivity contribution in [2.45, 2.75) is 128 Å². The molecule has 8 N–H and O–H groups in total. The molecule has 62 heavy (non-hydrogen) atoms. The van der Waals surface area contributed by atoms with Crippen molar-refractivity contribution in [2.75, 3.05) is 53.0 Å². The van der Waals surface area contributed by atoms with Crippen LogP contribution < -0.4 is 37.9 Å². The Balaban J connectivity index is 1.08. The lowest BCUT2D eigenvalue weighted by Crippen LogP contribution is -2.56. The van der Waals surface area contributed by atoms with Gasteiger partial charge in [-0.05, 0) is 70.8 Å². The molecule has 8 atom stereocenters. The molecule has 4 rings (SSSR count). The Kier molecular flexibility index (Phi) is 19.8. The van der Waals surface area contributed by atoms with Gasteiger partial charge in [-0.15, -0.1) is 0 Å². The van der Waals surface area contributed by atoms with Crippen LogP contribution in [0.5, 0.6) is 0 Å². The molecule has 0 radical (unpaired) electrons. The Labute approximate surface area is 365 Å². The molecule has 4 amide bonds. The van der Waals surface area contributed by atoms with Crippen LogP contribution >= 0.6 is 0 Å². The van der Waals surface area contributed by atoms with Gasteiger partial charge in [0.25, 0.3) is 0 Å². The van der Waals surface area contributed by atoms with Gasteiger partial charge in [-0.3, -0.25) is 19.2 Å². The number of ketones is 2.